The molecule has 8 nitrogen and oxygen atoms in total. The molecule has 0 saturated carbocycles. The van der Waals surface area contributed by atoms with Crippen LogP contribution in [0.4, 0.5) is 0 Å². The maximum Gasteiger partial charge on any atom is 0.287 e. The molecule has 29 heavy (non-hydrogen) atoms. The fourth-order valence-electron chi connectivity index (χ4n) is 2.95. The Bertz CT molecular complexity index is 603. The van der Waals surface area contributed by atoms with Crippen LogP contribution >= 0.6 is 24.0 Å². The fraction of sp³-hybridized carbons (Fsp3) is 0.700. The molecule has 2 rings (SSSR count). The van der Waals surface area contributed by atoms with E-state index in [0.29, 0.717) is 18.2 Å². The minimum absolute atomic E-state index is 0. The van der Waals surface area contributed by atoms with Crippen LogP contribution in [0.2, 0.25) is 0 Å². The molecule has 2 heterocycles. The third-order valence-electron chi connectivity index (χ3n) is 4.68. The minimum Gasteiger partial charge on any atom is -0.459 e. The Morgan fingerprint density at radius 2 is 1.86 bits per heavy atom. The lowest BCUT2D eigenvalue weighted by Gasteiger charge is -2.21. The third kappa shape index (κ3) is 10.3. The van der Waals surface area contributed by atoms with Crippen molar-refractivity contribution in [1.29, 1.82) is 0 Å². The molecule has 0 spiro atoms. The number of aryl methyl sites for hydroxylation is 1. The molecule has 0 bridgehead atoms. The number of hydrogen-bond donors (Lipinski definition) is 3. The predicted octanol–water partition coefficient (Wildman–Crippen LogP) is 2.32. The van der Waals surface area contributed by atoms with Gasteiger partial charge in [-0.05, 0) is 44.6 Å². The second-order valence-corrected chi connectivity index (χ2v) is 6.95. The highest BCUT2D eigenvalue weighted by atomic mass is 127. The summed E-state index contributed by atoms with van der Waals surface area (Å²) in [6.07, 6.45) is 5.47. The van der Waals surface area contributed by atoms with Gasteiger partial charge in [0.05, 0.1) is 6.26 Å². The molecule has 0 radical (unpaired) electrons. The molecule has 1 saturated heterocycles. The van der Waals surface area contributed by atoms with Crippen LogP contribution < -0.4 is 16.0 Å². The molecule has 166 valence electrons. The number of guanidine groups is 1. The lowest BCUT2D eigenvalue weighted by molar-refractivity contribution is 0.0203. The van der Waals surface area contributed by atoms with E-state index in [9.17, 15) is 4.79 Å². The summed E-state index contributed by atoms with van der Waals surface area (Å²) in [6, 6.07) is 1.78. The van der Waals surface area contributed by atoms with Crippen molar-refractivity contribution in [1.82, 2.24) is 16.0 Å². The van der Waals surface area contributed by atoms with Gasteiger partial charge < -0.3 is 29.8 Å². The molecule has 3 N–H and O–H groups in total. The fourth-order valence-corrected chi connectivity index (χ4v) is 2.95. The number of halogens is 1. The van der Waals surface area contributed by atoms with Gasteiger partial charge in [0, 0.05) is 58.7 Å². The van der Waals surface area contributed by atoms with Gasteiger partial charge in [-0.1, -0.05) is 0 Å². The maximum absolute atomic E-state index is 11.9. The summed E-state index contributed by atoms with van der Waals surface area (Å²) in [4.78, 5) is 16.1. The van der Waals surface area contributed by atoms with E-state index in [1.54, 1.807) is 13.1 Å². The first-order valence-electron chi connectivity index (χ1n) is 10.1. The highest BCUT2D eigenvalue weighted by molar-refractivity contribution is 14.0. The van der Waals surface area contributed by atoms with Crippen molar-refractivity contribution in [2.75, 3.05) is 53.1 Å². The first kappa shape index (κ1) is 25.7. The van der Waals surface area contributed by atoms with Crippen molar-refractivity contribution in [3.05, 3.63) is 23.7 Å². The van der Waals surface area contributed by atoms with Gasteiger partial charge in [-0.2, -0.15) is 0 Å². The zero-order valence-corrected chi connectivity index (χ0v) is 19.8. The van der Waals surface area contributed by atoms with Crippen molar-refractivity contribution >= 4 is 35.8 Å². The third-order valence-corrected chi connectivity index (χ3v) is 4.68. The van der Waals surface area contributed by atoms with Gasteiger partial charge in [0.15, 0.2) is 11.7 Å². The standard InChI is InChI=1S/C20H34N4O4.HI/c1-16-5-14-28-18(16)19(25)22-8-3-9-23-20(21-2)24-10-4-11-27-15-17-6-12-26-13-7-17;/h5,14,17H,3-4,6-13,15H2,1-2H3,(H,22,25)(H2,21,23,24);1H. The normalized spacial score (nSPS) is 14.9. The molecule has 0 atom stereocenters. The molecule has 9 heteroatoms. The summed E-state index contributed by atoms with van der Waals surface area (Å²) >= 11 is 0. The van der Waals surface area contributed by atoms with Crippen molar-refractivity contribution in [3.63, 3.8) is 0 Å². The minimum atomic E-state index is -0.175. The van der Waals surface area contributed by atoms with E-state index in [0.717, 1.165) is 76.7 Å². The molecule has 0 aromatic carbocycles. The van der Waals surface area contributed by atoms with Crippen LogP contribution in [0.1, 0.15) is 41.8 Å². The highest BCUT2D eigenvalue weighted by Crippen LogP contribution is 2.14. The molecule has 1 aromatic rings. The van der Waals surface area contributed by atoms with Crippen LogP contribution in [-0.2, 0) is 9.47 Å². The molecule has 0 unspecified atom stereocenters. The average Bonchev–Trinajstić information content (AvgIpc) is 3.15. The van der Waals surface area contributed by atoms with Gasteiger partial charge in [0.1, 0.15) is 0 Å². The number of furan rings is 1. The van der Waals surface area contributed by atoms with Gasteiger partial charge in [-0.3, -0.25) is 9.79 Å². The zero-order chi connectivity index (χ0) is 20.0. The van der Waals surface area contributed by atoms with Gasteiger partial charge in [-0.15, -0.1) is 24.0 Å². The zero-order valence-electron chi connectivity index (χ0n) is 17.5. The first-order chi connectivity index (χ1) is 13.7. The Hall–Kier alpha value is -1.33. The van der Waals surface area contributed by atoms with Crippen LogP contribution in [0, 0.1) is 12.8 Å². The van der Waals surface area contributed by atoms with E-state index >= 15 is 0 Å². The lowest BCUT2D eigenvalue weighted by Crippen LogP contribution is -2.39. The van der Waals surface area contributed by atoms with Crippen molar-refractivity contribution < 1.29 is 18.7 Å². The molecule has 1 amide bonds. The molecule has 1 aromatic heterocycles. The van der Waals surface area contributed by atoms with Gasteiger partial charge >= 0.3 is 0 Å². The summed E-state index contributed by atoms with van der Waals surface area (Å²) < 4.78 is 16.3. The SMILES string of the molecule is CN=C(NCCCNC(=O)c1occc1C)NCCCOCC1CCOCC1.I. The van der Waals surface area contributed by atoms with Crippen LogP contribution in [0.5, 0.6) is 0 Å². The van der Waals surface area contributed by atoms with Crippen LogP contribution in [0.25, 0.3) is 0 Å². The first-order valence-corrected chi connectivity index (χ1v) is 10.1. The monoisotopic (exact) mass is 522 g/mol. The number of nitrogens with one attached hydrogen (secondary N) is 3. The Morgan fingerprint density at radius 1 is 1.17 bits per heavy atom. The Kier molecular flexibility index (Phi) is 13.7. The van der Waals surface area contributed by atoms with E-state index in [1.807, 2.05) is 6.92 Å². The highest BCUT2D eigenvalue weighted by Gasteiger charge is 2.13. The molecule has 1 aliphatic rings. The van der Waals surface area contributed by atoms with Gasteiger partial charge in [0.25, 0.3) is 5.91 Å². The number of carbonyl (C=O) groups is 1. The van der Waals surface area contributed by atoms with Crippen LogP contribution in [0.15, 0.2) is 21.7 Å². The molecule has 1 fully saturated rings. The maximum atomic E-state index is 11.9. The predicted molar refractivity (Wildman–Crippen MR) is 124 cm³/mol. The number of hydrogen-bond acceptors (Lipinski definition) is 5. The lowest BCUT2D eigenvalue weighted by atomic mass is 10.0. The number of aliphatic imine (C=N–C) groups is 1. The second-order valence-electron chi connectivity index (χ2n) is 6.95. The number of ether oxygens (including phenoxy) is 2. The summed E-state index contributed by atoms with van der Waals surface area (Å²) in [5.41, 5.74) is 0.844. The van der Waals surface area contributed by atoms with E-state index in [1.165, 1.54) is 6.26 Å². The van der Waals surface area contributed by atoms with E-state index in [-0.39, 0.29) is 29.9 Å². The van der Waals surface area contributed by atoms with E-state index < -0.39 is 0 Å². The van der Waals surface area contributed by atoms with Gasteiger partial charge in [0.2, 0.25) is 0 Å². The van der Waals surface area contributed by atoms with E-state index in [4.69, 9.17) is 13.9 Å². The quantitative estimate of drug-likeness (QED) is 0.179. The second kappa shape index (κ2) is 15.5. The smallest absolute Gasteiger partial charge is 0.287 e. The van der Waals surface area contributed by atoms with Crippen molar-refractivity contribution in [2.45, 2.75) is 32.6 Å². The average molecular weight is 522 g/mol. The molecular weight excluding hydrogens is 487 g/mol. The van der Waals surface area contributed by atoms with Crippen molar-refractivity contribution in [2.24, 2.45) is 10.9 Å². The van der Waals surface area contributed by atoms with E-state index in [2.05, 4.69) is 20.9 Å². The largest absolute Gasteiger partial charge is 0.459 e. The summed E-state index contributed by atoms with van der Waals surface area (Å²) in [7, 11) is 1.75. The van der Waals surface area contributed by atoms with Crippen LogP contribution in [-0.4, -0.2) is 65.0 Å². The molecule has 0 aliphatic carbocycles. The van der Waals surface area contributed by atoms with Crippen LogP contribution in [0.3, 0.4) is 0 Å². The summed E-state index contributed by atoms with van der Waals surface area (Å²) in [6.45, 7) is 7.26. The number of rotatable bonds is 11. The molecule has 1 aliphatic heterocycles. The topological polar surface area (TPSA) is 97.1 Å². The number of carbonyl (C=O) groups excluding carboxylic acids is 1. The number of amides is 1. The Morgan fingerprint density at radius 3 is 2.52 bits per heavy atom. The molecular formula is C20H35IN4O4. The Balaban J connectivity index is 0.00000420. The summed E-state index contributed by atoms with van der Waals surface area (Å²) in [5.74, 6) is 1.61. The van der Waals surface area contributed by atoms with Gasteiger partial charge in [-0.25, -0.2) is 0 Å². The Labute approximate surface area is 190 Å². The van der Waals surface area contributed by atoms with Crippen molar-refractivity contribution in [3.8, 4) is 0 Å². The summed E-state index contributed by atoms with van der Waals surface area (Å²) in [5, 5.41) is 9.37. The number of nitrogens with zero attached hydrogens (tertiary/aromatic N) is 1.